The van der Waals surface area contributed by atoms with Crippen LogP contribution in [0.5, 0.6) is 0 Å². The third-order valence-electron chi connectivity index (χ3n) is 4.71. The molecule has 0 spiro atoms. The predicted molar refractivity (Wildman–Crippen MR) is 94.4 cm³/mol. The number of aryl methyl sites for hydroxylation is 4. The molecule has 3 aromatic rings. The minimum Gasteiger partial charge on any atom is -0.308 e. The lowest BCUT2D eigenvalue weighted by Crippen LogP contribution is -2.35. The molecule has 3 heterocycles. The number of rotatable bonds is 1. The second-order valence-corrected chi connectivity index (χ2v) is 6.50. The molecule has 1 aliphatic rings. The van der Waals surface area contributed by atoms with E-state index in [-0.39, 0.29) is 5.91 Å². The largest absolute Gasteiger partial charge is 0.308 e. The van der Waals surface area contributed by atoms with Gasteiger partial charge in [0.25, 0.3) is 5.91 Å². The van der Waals surface area contributed by atoms with Gasteiger partial charge < -0.3 is 4.90 Å². The third kappa shape index (κ3) is 2.28. The Hall–Kier alpha value is -2.69. The average Bonchev–Trinajstić information content (AvgIpc) is 2.87. The Morgan fingerprint density at radius 1 is 1.21 bits per heavy atom. The van der Waals surface area contributed by atoms with Crippen LogP contribution in [0.2, 0.25) is 0 Å². The van der Waals surface area contributed by atoms with Crippen LogP contribution >= 0.6 is 0 Å². The highest BCUT2D eigenvalue weighted by Crippen LogP contribution is 2.29. The number of aromatic nitrogens is 3. The van der Waals surface area contributed by atoms with Gasteiger partial charge in [-0.3, -0.25) is 9.48 Å². The molecule has 0 fully saturated rings. The van der Waals surface area contributed by atoms with Gasteiger partial charge in [-0.25, -0.2) is 4.98 Å². The van der Waals surface area contributed by atoms with Crippen LogP contribution in [0, 0.1) is 13.8 Å². The first kappa shape index (κ1) is 14.9. The summed E-state index contributed by atoms with van der Waals surface area (Å²) in [4.78, 5) is 19.4. The Morgan fingerprint density at radius 3 is 2.88 bits per heavy atom. The zero-order valence-corrected chi connectivity index (χ0v) is 14.2. The third-order valence-corrected chi connectivity index (χ3v) is 4.71. The number of fused-ring (bicyclic) bond motifs is 2. The normalized spacial score (nSPS) is 14.0. The second-order valence-electron chi connectivity index (χ2n) is 6.50. The number of nitrogens with zero attached hydrogens (tertiary/aromatic N) is 4. The average molecular weight is 320 g/mol. The number of anilines is 1. The summed E-state index contributed by atoms with van der Waals surface area (Å²) in [5, 5.41) is 5.31. The lowest BCUT2D eigenvalue weighted by atomic mass is 9.99. The summed E-state index contributed by atoms with van der Waals surface area (Å²) in [7, 11) is 1.87. The number of carbonyl (C=O) groups excluding carboxylic acids is 1. The Kier molecular flexibility index (Phi) is 3.37. The molecule has 4 rings (SSSR count). The molecule has 2 aromatic heterocycles. The van der Waals surface area contributed by atoms with Crippen LogP contribution in [0.15, 0.2) is 30.5 Å². The van der Waals surface area contributed by atoms with Gasteiger partial charge in [-0.05, 0) is 44.4 Å². The van der Waals surface area contributed by atoms with Gasteiger partial charge in [0.05, 0.1) is 11.3 Å². The summed E-state index contributed by atoms with van der Waals surface area (Å²) in [5.41, 5.74) is 5.83. The number of amides is 1. The fraction of sp³-hybridized carbons (Fsp3) is 0.316. The Balaban J connectivity index is 1.76. The van der Waals surface area contributed by atoms with E-state index in [4.69, 9.17) is 0 Å². The van der Waals surface area contributed by atoms with Crippen molar-refractivity contribution in [3.63, 3.8) is 0 Å². The summed E-state index contributed by atoms with van der Waals surface area (Å²) in [5.74, 6) is 0.0115. The summed E-state index contributed by atoms with van der Waals surface area (Å²) in [6, 6.07) is 8.22. The van der Waals surface area contributed by atoms with Gasteiger partial charge in [0.1, 0.15) is 0 Å². The number of pyridine rings is 1. The summed E-state index contributed by atoms with van der Waals surface area (Å²) < 4.78 is 1.75. The summed E-state index contributed by atoms with van der Waals surface area (Å²) in [6.45, 7) is 4.78. The van der Waals surface area contributed by atoms with Gasteiger partial charge >= 0.3 is 0 Å². The molecule has 0 aliphatic carbocycles. The quantitative estimate of drug-likeness (QED) is 0.692. The topological polar surface area (TPSA) is 51.0 Å². The van der Waals surface area contributed by atoms with E-state index in [9.17, 15) is 4.79 Å². The lowest BCUT2D eigenvalue weighted by Gasteiger charge is -2.29. The molecule has 0 unspecified atom stereocenters. The van der Waals surface area contributed by atoms with Gasteiger partial charge in [0, 0.05) is 30.9 Å². The van der Waals surface area contributed by atoms with E-state index in [0.717, 1.165) is 41.8 Å². The molecule has 0 bridgehead atoms. The van der Waals surface area contributed by atoms with Crippen molar-refractivity contribution in [2.24, 2.45) is 7.05 Å². The van der Waals surface area contributed by atoms with Gasteiger partial charge in [-0.1, -0.05) is 17.7 Å². The highest BCUT2D eigenvalue weighted by atomic mass is 16.2. The SMILES string of the molecule is Cc1ccc2c(c1)CCCN2C(=O)c1cnc2c(c1)c(C)nn2C. The molecule has 0 radical (unpaired) electrons. The molecule has 1 aromatic carbocycles. The molecule has 1 aliphatic heterocycles. The van der Waals surface area contributed by atoms with E-state index in [1.807, 2.05) is 24.9 Å². The minimum atomic E-state index is 0.0115. The fourth-order valence-corrected chi connectivity index (χ4v) is 3.52. The predicted octanol–water partition coefficient (Wildman–Crippen LogP) is 3.18. The van der Waals surface area contributed by atoms with Gasteiger partial charge in [-0.15, -0.1) is 0 Å². The van der Waals surface area contributed by atoms with Crippen LogP contribution in [0.3, 0.4) is 0 Å². The lowest BCUT2D eigenvalue weighted by molar-refractivity contribution is 0.0985. The first-order valence-electron chi connectivity index (χ1n) is 8.25. The number of benzene rings is 1. The Bertz CT molecular complexity index is 957. The van der Waals surface area contributed by atoms with Crippen LogP contribution in [0.1, 0.15) is 33.6 Å². The van der Waals surface area contributed by atoms with Crippen molar-refractivity contribution in [1.29, 1.82) is 0 Å². The van der Waals surface area contributed by atoms with E-state index in [1.54, 1.807) is 10.9 Å². The van der Waals surface area contributed by atoms with Gasteiger partial charge in [0.2, 0.25) is 0 Å². The maximum Gasteiger partial charge on any atom is 0.259 e. The van der Waals surface area contributed by atoms with Crippen LogP contribution in [0.4, 0.5) is 5.69 Å². The zero-order valence-electron chi connectivity index (χ0n) is 14.2. The van der Waals surface area contributed by atoms with Crippen LogP contribution in [-0.4, -0.2) is 27.2 Å². The first-order chi connectivity index (χ1) is 11.5. The number of hydrogen-bond donors (Lipinski definition) is 0. The van der Waals surface area contributed by atoms with E-state index in [0.29, 0.717) is 5.56 Å². The highest BCUT2D eigenvalue weighted by molar-refractivity contribution is 6.08. The molecular weight excluding hydrogens is 300 g/mol. The van der Waals surface area contributed by atoms with E-state index < -0.39 is 0 Å². The van der Waals surface area contributed by atoms with Crippen molar-refractivity contribution < 1.29 is 4.79 Å². The molecule has 5 heteroatoms. The van der Waals surface area contributed by atoms with Crippen molar-refractivity contribution in [3.8, 4) is 0 Å². The van der Waals surface area contributed by atoms with Crippen LogP contribution in [0.25, 0.3) is 11.0 Å². The summed E-state index contributed by atoms with van der Waals surface area (Å²) in [6.07, 6.45) is 3.68. The van der Waals surface area contributed by atoms with Crippen LogP contribution in [-0.2, 0) is 13.5 Å². The standard InChI is InChI=1S/C19H20N4O/c1-12-6-7-17-14(9-12)5-4-8-23(17)19(24)15-10-16-13(2)21-22(3)18(16)20-11-15/h6-7,9-11H,4-5,8H2,1-3H3. The van der Waals surface area contributed by atoms with Gasteiger partial charge in [-0.2, -0.15) is 5.10 Å². The second kappa shape index (κ2) is 5.44. The van der Waals surface area contributed by atoms with E-state index in [1.165, 1.54) is 11.1 Å². The molecule has 0 saturated carbocycles. The number of carbonyl (C=O) groups is 1. The van der Waals surface area contributed by atoms with Crippen molar-refractivity contribution in [3.05, 3.63) is 52.8 Å². The molecule has 0 saturated heterocycles. The van der Waals surface area contributed by atoms with E-state index >= 15 is 0 Å². The van der Waals surface area contributed by atoms with Crippen molar-refractivity contribution in [2.45, 2.75) is 26.7 Å². The van der Waals surface area contributed by atoms with Crippen molar-refractivity contribution >= 4 is 22.6 Å². The molecule has 5 nitrogen and oxygen atoms in total. The van der Waals surface area contributed by atoms with Crippen molar-refractivity contribution in [1.82, 2.24) is 14.8 Å². The molecule has 122 valence electrons. The Labute approximate surface area is 140 Å². The monoisotopic (exact) mass is 320 g/mol. The maximum atomic E-state index is 13.1. The maximum absolute atomic E-state index is 13.1. The summed E-state index contributed by atoms with van der Waals surface area (Å²) >= 11 is 0. The molecular formula is C19H20N4O. The Morgan fingerprint density at radius 2 is 2.04 bits per heavy atom. The van der Waals surface area contributed by atoms with Crippen molar-refractivity contribution in [2.75, 3.05) is 11.4 Å². The molecule has 0 atom stereocenters. The van der Waals surface area contributed by atoms with Crippen LogP contribution < -0.4 is 4.90 Å². The van der Waals surface area contributed by atoms with E-state index in [2.05, 4.69) is 35.2 Å². The molecule has 24 heavy (non-hydrogen) atoms. The minimum absolute atomic E-state index is 0.0115. The highest BCUT2D eigenvalue weighted by Gasteiger charge is 2.24. The fourth-order valence-electron chi connectivity index (χ4n) is 3.52. The molecule has 1 amide bonds. The first-order valence-corrected chi connectivity index (χ1v) is 8.25. The number of hydrogen-bond acceptors (Lipinski definition) is 3. The van der Waals surface area contributed by atoms with Gasteiger partial charge in [0.15, 0.2) is 5.65 Å². The molecule has 0 N–H and O–H groups in total. The zero-order chi connectivity index (χ0) is 16.8. The smallest absolute Gasteiger partial charge is 0.259 e.